The van der Waals surface area contributed by atoms with Gasteiger partial charge < -0.3 is 10.6 Å². The molecular weight excluding hydrogens is 301 g/mol. The Morgan fingerprint density at radius 2 is 2.04 bits per heavy atom. The Hall–Kier alpha value is -2.96. The van der Waals surface area contributed by atoms with Crippen molar-refractivity contribution in [3.05, 3.63) is 69.5 Å². The first-order chi connectivity index (χ1) is 11.0. The molecule has 0 radical (unpaired) electrons. The zero-order valence-electron chi connectivity index (χ0n) is 12.5. The highest BCUT2D eigenvalue weighted by molar-refractivity contribution is 5.89. The fourth-order valence-corrected chi connectivity index (χ4v) is 2.07. The summed E-state index contributed by atoms with van der Waals surface area (Å²) in [5, 5.41) is 16.0. The number of hydrogen-bond donors (Lipinski definition) is 2. The maximum atomic E-state index is 13.0. The number of rotatable bonds is 5. The van der Waals surface area contributed by atoms with Gasteiger partial charge in [-0.1, -0.05) is 18.2 Å². The smallest absolute Gasteiger partial charge is 0.319 e. The van der Waals surface area contributed by atoms with E-state index >= 15 is 0 Å². The number of urea groups is 1. The van der Waals surface area contributed by atoms with Gasteiger partial charge in [0.2, 0.25) is 0 Å². The van der Waals surface area contributed by atoms with Crippen LogP contribution in [-0.2, 0) is 6.42 Å². The molecule has 0 aliphatic heterocycles. The van der Waals surface area contributed by atoms with Crippen LogP contribution in [0.2, 0.25) is 0 Å². The molecule has 0 fully saturated rings. The number of anilines is 1. The van der Waals surface area contributed by atoms with Crippen molar-refractivity contribution in [2.24, 2.45) is 0 Å². The van der Waals surface area contributed by atoms with Crippen molar-refractivity contribution in [2.75, 3.05) is 11.9 Å². The Morgan fingerprint density at radius 3 is 2.74 bits per heavy atom. The maximum absolute atomic E-state index is 13.0. The molecule has 0 aliphatic carbocycles. The van der Waals surface area contributed by atoms with Crippen molar-refractivity contribution in [2.45, 2.75) is 13.3 Å². The maximum Gasteiger partial charge on any atom is 0.319 e. The monoisotopic (exact) mass is 317 g/mol. The van der Waals surface area contributed by atoms with E-state index in [1.807, 2.05) is 0 Å². The third kappa shape index (κ3) is 4.77. The van der Waals surface area contributed by atoms with Gasteiger partial charge in [-0.15, -0.1) is 0 Å². The first-order valence-electron chi connectivity index (χ1n) is 7.00. The average molecular weight is 317 g/mol. The van der Waals surface area contributed by atoms with Crippen molar-refractivity contribution in [3.63, 3.8) is 0 Å². The highest BCUT2D eigenvalue weighted by atomic mass is 19.1. The van der Waals surface area contributed by atoms with Crippen molar-refractivity contribution in [3.8, 4) is 0 Å². The molecule has 2 amide bonds. The molecule has 23 heavy (non-hydrogen) atoms. The summed E-state index contributed by atoms with van der Waals surface area (Å²) in [6.07, 6.45) is 0.485. The van der Waals surface area contributed by atoms with E-state index in [0.717, 1.165) is 5.56 Å². The van der Waals surface area contributed by atoms with Gasteiger partial charge in [0.1, 0.15) is 5.82 Å². The largest absolute Gasteiger partial charge is 0.338 e. The van der Waals surface area contributed by atoms with Crippen LogP contribution >= 0.6 is 0 Å². The Labute approximate surface area is 132 Å². The number of carbonyl (C=O) groups excluding carboxylic acids is 1. The Balaban J connectivity index is 1.87. The summed E-state index contributed by atoms with van der Waals surface area (Å²) in [4.78, 5) is 22.1. The van der Waals surface area contributed by atoms with Crippen molar-refractivity contribution in [1.29, 1.82) is 0 Å². The predicted octanol–water partition coefficient (Wildman–Crippen LogP) is 3.41. The summed E-state index contributed by atoms with van der Waals surface area (Å²) >= 11 is 0. The summed E-state index contributed by atoms with van der Waals surface area (Å²) in [5.41, 5.74) is 1.58. The number of halogens is 1. The molecule has 0 saturated carbocycles. The minimum Gasteiger partial charge on any atom is -0.338 e. The number of nitrogens with zero attached hydrogens (tertiary/aromatic N) is 1. The summed E-state index contributed by atoms with van der Waals surface area (Å²) < 4.78 is 13.0. The highest BCUT2D eigenvalue weighted by Crippen LogP contribution is 2.22. The van der Waals surface area contributed by atoms with Crippen LogP contribution in [0.25, 0.3) is 0 Å². The minimum atomic E-state index is -0.498. The van der Waals surface area contributed by atoms with Crippen LogP contribution in [0, 0.1) is 22.9 Å². The summed E-state index contributed by atoms with van der Waals surface area (Å²) in [7, 11) is 0. The molecule has 0 spiro atoms. The third-order valence-electron chi connectivity index (χ3n) is 3.25. The van der Waals surface area contributed by atoms with Crippen LogP contribution in [0.15, 0.2) is 42.5 Å². The number of hydrogen-bond acceptors (Lipinski definition) is 3. The summed E-state index contributed by atoms with van der Waals surface area (Å²) in [5.74, 6) is -0.320. The van der Waals surface area contributed by atoms with Gasteiger partial charge in [0.25, 0.3) is 5.69 Å². The molecule has 2 aromatic carbocycles. The predicted molar refractivity (Wildman–Crippen MR) is 85.0 cm³/mol. The average Bonchev–Trinajstić information content (AvgIpc) is 2.49. The lowest BCUT2D eigenvalue weighted by Crippen LogP contribution is -2.30. The fourth-order valence-electron chi connectivity index (χ4n) is 2.07. The number of nitro groups is 1. The normalized spacial score (nSPS) is 10.2. The van der Waals surface area contributed by atoms with Gasteiger partial charge in [-0.25, -0.2) is 9.18 Å². The molecule has 7 heteroatoms. The number of carbonyl (C=O) groups is 1. The Bertz CT molecular complexity index is 734. The number of nitrogens with one attached hydrogen (secondary N) is 2. The van der Waals surface area contributed by atoms with Gasteiger partial charge in [-0.3, -0.25) is 10.1 Å². The fraction of sp³-hybridized carbons (Fsp3) is 0.188. The lowest BCUT2D eigenvalue weighted by Gasteiger charge is -2.08. The van der Waals surface area contributed by atoms with Crippen LogP contribution in [0.5, 0.6) is 0 Å². The third-order valence-corrected chi connectivity index (χ3v) is 3.25. The van der Waals surface area contributed by atoms with E-state index in [2.05, 4.69) is 10.6 Å². The zero-order chi connectivity index (χ0) is 16.8. The second kappa shape index (κ2) is 7.35. The number of nitro benzene ring substituents is 1. The number of amides is 2. The standard InChI is InChI=1S/C16H16FN3O3/c1-11-5-6-14(10-15(11)20(22)23)19-16(21)18-8-7-12-3-2-4-13(17)9-12/h2-6,9-10H,7-8H2,1H3,(H2,18,19,21). The van der Waals surface area contributed by atoms with Gasteiger partial charge >= 0.3 is 6.03 Å². The molecule has 0 saturated heterocycles. The molecule has 2 N–H and O–H groups in total. The number of aryl methyl sites for hydroxylation is 1. The molecule has 0 aromatic heterocycles. The second-order valence-electron chi connectivity index (χ2n) is 5.02. The van der Waals surface area contributed by atoms with Gasteiger partial charge in [0, 0.05) is 23.9 Å². The second-order valence-corrected chi connectivity index (χ2v) is 5.02. The van der Waals surface area contributed by atoms with Crippen LogP contribution in [0.4, 0.5) is 20.6 Å². The number of benzene rings is 2. The molecular formula is C16H16FN3O3. The lowest BCUT2D eigenvalue weighted by atomic mass is 10.1. The van der Waals surface area contributed by atoms with Gasteiger partial charge in [-0.2, -0.15) is 0 Å². The van der Waals surface area contributed by atoms with E-state index in [4.69, 9.17) is 0 Å². The van der Waals surface area contributed by atoms with E-state index < -0.39 is 11.0 Å². The van der Waals surface area contributed by atoms with E-state index in [-0.39, 0.29) is 11.5 Å². The molecule has 0 bridgehead atoms. The Kier molecular flexibility index (Phi) is 5.24. The summed E-state index contributed by atoms with van der Waals surface area (Å²) in [6, 6.07) is 10.1. The Morgan fingerprint density at radius 1 is 1.26 bits per heavy atom. The molecule has 0 unspecified atom stereocenters. The van der Waals surface area contributed by atoms with E-state index in [1.165, 1.54) is 18.2 Å². The summed E-state index contributed by atoms with van der Waals surface area (Å²) in [6.45, 7) is 1.95. The van der Waals surface area contributed by atoms with Crippen LogP contribution in [-0.4, -0.2) is 17.5 Å². The van der Waals surface area contributed by atoms with Crippen molar-refractivity contribution in [1.82, 2.24) is 5.32 Å². The highest BCUT2D eigenvalue weighted by Gasteiger charge is 2.12. The van der Waals surface area contributed by atoms with E-state index in [0.29, 0.717) is 24.2 Å². The SMILES string of the molecule is Cc1ccc(NC(=O)NCCc2cccc(F)c2)cc1[N+](=O)[O-]. The lowest BCUT2D eigenvalue weighted by molar-refractivity contribution is -0.385. The van der Waals surface area contributed by atoms with E-state index in [9.17, 15) is 19.3 Å². The van der Waals surface area contributed by atoms with Gasteiger partial charge in [0.05, 0.1) is 4.92 Å². The quantitative estimate of drug-likeness (QED) is 0.654. The molecule has 0 atom stereocenters. The molecule has 6 nitrogen and oxygen atoms in total. The molecule has 2 aromatic rings. The van der Waals surface area contributed by atoms with Crippen LogP contribution in [0.1, 0.15) is 11.1 Å². The molecule has 0 heterocycles. The van der Waals surface area contributed by atoms with Crippen LogP contribution < -0.4 is 10.6 Å². The minimum absolute atomic E-state index is 0.0532. The van der Waals surface area contributed by atoms with Gasteiger partial charge in [0.15, 0.2) is 0 Å². The first kappa shape index (κ1) is 16.4. The topological polar surface area (TPSA) is 84.3 Å². The van der Waals surface area contributed by atoms with Crippen LogP contribution in [0.3, 0.4) is 0 Å². The first-order valence-corrected chi connectivity index (χ1v) is 7.00. The van der Waals surface area contributed by atoms with Crippen molar-refractivity contribution >= 4 is 17.4 Å². The van der Waals surface area contributed by atoms with Gasteiger partial charge in [-0.05, 0) is 37.1 Å². The molecule has 120 valence electrons. The van der Waals surface area contributed by atoms with Crippen molar-refractivity contribution < 1.29 is 14.1 Å². The van der Waals surface area contributed by atoms with E-state index in [1.54, 1.807) is 31.2 Å². The molecule has 0 aliphatic rings. The zero-order valence-corrected chi connectivity index (χ0v) is 12.5. The molecule has 2 rings (SSSR count).